The maximum absolute atomic E-state index is 10.5. The Hall–Kier alpha value is -0.420. The number of halogens is 2. The lowest BCUT2D eigenvalue weighted by Crippen LogP contribution is -2.30. The largest absolute Gasteiger partial charge is 0.480 e. The van der Waals surface area contributed by atoms with Crippen molar-refractivity contribution in [1.82, 2.24) is 0 Å². The molecule has 0 radical (unpaired) electrons. The zero-order valence-corrected chi connectivity index (χ0v) is 11.4. The predicted octanol–water partition coefficient (Wildman–Crippen LogP) is 3.03. The minimum Gasteiger partial charge on any atom is -0.480 e. The number of hydrogen-bond donors (Lipinski definition) is 2. The average Bonchev–Trinajstić information content (AvgIpc) is 2.28. The molecule has 0 amide bonds. The first-order chi connectivity index (χ1) is 8.00. The first-order valence-electron chi connectivity index (χ1n) is 5.00. The molecule has 0 heterocycles. The lowest BCUT2D eigenvalue weighted by atomic mass is 10.2. The minimum atomic E-state index is -0.966. The van der Waals surface area contributed by atoms with Gasteiger partial charge in [-0.05, 0) is 35.9 Å². The lowest BCUT2D eigenvalue weighted by Gasteiger charge is -2.07. The summed E-state index contributed by atoms with van der Waals surface area (Å²) in [5, 5.41) is 9.92. The van der Waals surface area contributed by atoms with Gasteiger partial charge < -0.3 is 10.8 Å². The number of hydrogen-bond acceptors (Lipinski definition) is 3. The summed E-state index contributed by atoms with van der Waals surface area (Å²) in [5.74, 6) is 0.411. The van der Waals surface area contributed by atoms with Crippen LogP contribution in [0.25, 0.3) is 0 Å². The summed E-state index contributed by atoms with van der Waals surface area (Å²) in [6, 6.07) is 4.51. The number of benzene rings is 1. The van der Waals surface area contributed by atoms with Crippen LogP contribution in [0, 0.1) is 0 Å². The van der Waals surface area contributed by atoms with Crippen LogP contribution in [-0.2, 0) is 10.5 Å². The fraction of sp³-hybridized carbons (Fsp3) is 0.364. The summed E-state index contributed by atoms with van der Waals surface area (Å²) in [4.78, 5) is 10.5. The third kappa shape index (κ3) is 5.17. The van der Waals surface area contributed by atoms with Crippen LogP contribution in [-0.4, -0.2) is 22.9 Å². The molecule has 94 valence electrons. The second-order valence-corrected chi connectivity index (χ2v) is 5.47. The molecule has 0 saturated carbocycles. The molecule has 1 aromatic rings. The first kappa shape index (κ1) is 14.6. The SMILES string of the molecule is N[C@@H](CCSCc1cc(Cl)ccc1Cl)C(=O)O. The Bertz CT molecular complexity index is 401. The molecule has 6 heteroatoms. The smallest absolute Gasteiger partial charge is 0.320 e. The molecule has 0 unspecified atom stereocenters. The zero-order valence-electron chi connectivity index (χ0n) is 9.03. The van der Waals surface area contributed by atoms with E-state index in [1.54, 1.807) is 23.9 Å². The van der Waals surface area contributed by atoms with Gasteiger partial charge in [0.15, 0.2) is 0 Å². The maximum Gasteiger partial charge on any atom is 0.320 e. The van der Waals surface area contributed by atoms with E-state index in [0.29, 0.717) is 28.0 Å². The molecule has 0 aromatic heterocycles. The number of carboxylic acids is 1. The first-order valence-corrected chi connectivity index (χ1v) is 6.92. The third-order valence-electron chi connectivity index (χ3n) is 2.16. The number of thioether (sulfide) groups is 1. The predicted molar refractivity (Wildman–Crippen MR) is 72.9 cm³/mol. The monoisotopic (exact) mass is 293 g/mol. The minimum absolute atomic E-state index is 0.443. The van der Waals surface area contributed by atoms with E-state index in [-0.39, 0.29) is 0 Å². The van der Waals surface area contributed by atoms with E-state index in [1.807, 2.05) is 6.07 Å². The molecule has 0 aliphatic carbocycles. The van der Waals surface area contributed by atoms with Gasteiger partial charge in [-0.3, -0.25) is 4.79 Å². The molecule has 3 nitrogen and oxygen atoms in total. The van der Waals surface area contributed by atoms with Gasteiger partial charge in [0, 0.05) is 15.8 Å². The number of rotatable bonds is 6. The maximum atomic E-state index is 10.5. The highest BCUT2D eigenvalue weighted by Crippen LogP contribution is 2.24. The number of aliphatic carboxylic acids is 1. The van der Waals surface area contributed by atoms with Gasteiger partial charge in [-0.1, -0.05) is 23.2 Å². The summed E-state index contributed by atoms with van der Waals surface area (Å²) in [5.41, 5.74) is 6.34. The third-order valence-corrected chi connectivity index (χ3v) is 3.80. The van der Waals surface area contributed by atoms with Crippen molar-refractivity contribution in [2.24, 2.45) is 5.73 Å². The van der Waals surface area contributed by atoms with Crippen molar-refractivity contribution < 1.29 is 9.90 Å². The highest BCUT2D eigenvalue weighted by atomic mass is 35.5. The molecular formula is C11H13Cl2NO2S. The number of nitrogens with two attached hydrogens (primary N) is 1. The molecule has 0 bridgehead atoms. The van der Waals surface area contributed by atoms with E-state index < -0.39 is 12.0 Å². The second-order valence-electron chi connectivity index (χ2n) is 3.52. The fourth-order valence-electron chi connectivity index (χ4n) is 1.17. The van der Waals surface area contributed by atoms with Crippen molar-refractivity contribution in [2.75, 3.05) is 5.75 Å². The van der Waals surface area contributed by atoms with Crippen molar-refractivity contribution >= 4 is 40.9 Å². The van der Waals surface area contributed by atoms with Gasteiger partial charge in [0.2, 0.25) is 0 Å². The van der Waals surface area contributed by atoms with Crippen LogP contribution < -0.4 is 5.73 Å². The molecule has 1 aromatic carbocycles. The van der Waals surface area contributed by atoms with Gasteiger partial charge in [0.25, 0.3) is 0 Å². The van der Waals surface area contributed by atoms with Crippen LogP contribution in [0.5, 0.6) is 0 Å². The van der Waals surface area contributed by atoms with Crippen LogP contribution in [0.1, 0.15) is 12.0 Å². The van der Waals surface area contributed by atoms with Crippen LogP contribution in [0.15, 0.2) is 18.2 Å². The van der Waals surface area contributed by atoms with Crippen molar-refractivity contribution in [1.29, 1.82) is 0 Å². The molecular weight excluding hydrogens is 281 g/mol. The topological polar surface area (TPSA) is 63.3 Å². The number of carboxylic acid groups (broad SMARTS) is 1. The molecule has 1 rings (SSSR count). The van der Waals surface area contributed by atoms with Crippen molar-refractivity contribution in [2.45, 2.75) is 18.2 Å². The summed E-state index contributed by atoms with van der Waals surface area (Å²) in [7, 11) is 0. The summed E-state index contributed by atoms with van der Waals surface area (Å²) in [6.45, 7) is 0. The van der Waals surface area contributed by atoms with Crippen LogP contribution >= 0.6 is 35.0 Å². The van der Waals surface area contributed by atoms with Crippen LogP contribution in [0.4, 0.5) is 0 Å². The van der Waals surface area contributed by atoms with E-state index >= 15 is 0 Å². The van der Waals surface area contributed by atoms with Gasteiger partial charge in [0.05, 0.1) is 0 Å². The Morgan fingerprint density at radius 2 is 2.18 bits per heavy atom. The highest BCUT2D eigenvalue weighted by Gasteiger charge is 2.10. The van der Waals surface area contributed by atoms with E-state index in [2.05, 4.69) is 0 Å². The summed E-state index contributed by atoms with van der Waals surface area (Å²) < 4.78 is 0. The zero-order chi connectivity index (χ0) is 12.8. The number of carbonyl (C=O) groups is 1. The molecule has 3 N–H and O–H groups in total. The fourth-order valence-corrected chi connectivity index (χ4v) is 2.65. The second kappa shape index (κ2) is 7.11. The molecule has 0 aliphatic heterocycles. The summed E-state index contributed by atoms with van der Waals surface area (Å²) in [6.07, 6.45) is 0.443. The van der Waals surface area contributed by atoms with Crippen LogP contribution in [0.3, 0.4) is 0 Å². The van der Waals surface area contributed by atoms with E-state index in [9.17, 15) is 4.79 Å². The van der Waals surface area contributed by atoms with Gasteiger partial charge in [-0.2, -0.15) is 11.8 Å². The average molecular weight is 294 g/mol. The molecule has 0 fully saturated rings. The van der Waals surface area contributed by atoms with Gasteiger partial charge in [-0.15, -0.1) is 0 Å². The Kier molecular flexibility index (Phi) is 6.12. The lowest BCUT2D eigenvalue weighted by molar-refractivity contribution is -0.138. The highest BCUT2D eigenvalue weighted by molar-refractivity contribution is 7.98. The summed E-state index contributed by atoms with van der Waals surface area (Å²) >= 11 is 13.4. The van der Waals surface area contributed by atoms with E-state index in [4.69, 9.17) is 34.0 Å². The standard InChI is InChI=1S/C11H13Cl2NO2S/c12-8-1-2-9(13)7(5-8)6-17-4-3-10(14)11(15)16/h1-2,5,10H,3-4,6,14H2,(H,15,16)/t10-/m0/s1. The molecule has 0 saturated heterocycles. The molecule has 0 spiro atoms. The Morgan fingerprint density at radius 3 is 2.82 bits per heavy atom. The Morgan fingerprint density at radius 1 is 1.47 bits per heavy atom. The van der Waals surface area contributed by atoms with E-state index in [0.717, 1.165) is 5.56 Å². The molecule has 1 atom stereocenters. The normalized spacial score (nSPS) is 12.4. The Labute approximate surface area is 114 Å². The van der Waals surface area contributed by atoms with Crippen molar-refractivity contribution in [3.8, 4) is 0 Å². The van der Waals surface area contributed by atoms with Crippen molar-refractivity contribution in [3.63, 3.8) is 0 Å². The van der Waals surface area contributed by atoms with Gasteiger partial charge in [0.1, 0.15) is 6.04 Å². The van der Waals surface area contributed by atoms with Gasteiger partial charge >= 0.3 is 5.97 Å². The van der Waals surface area contributed by atoms with E-state index in [1.165, 1.54) is 0 Å². The van der Waals surface area contributed by atoms with Crippen LogP contribution in [0.2, 0.25) is 10.0 Å². The Balaban J connectivity index is 2.36. The molecule has 0 aliphatic rings. The van der Waals surface area contributed by atoms with Crippen molar-refractivity contribution in [3.05, 3.63) is 33.8 Å². The quantitative estimate of drug-likeness (QED) is 0.792. The molecule has 17 heavy (non-hydrogen) atoms. The van der Waals surface area contributed by atoms with Gasteiger partial charge in [-0.25, -0.2) is 0 Å².